The molecule has 0 spiro atoms. The number of hydrogen-bond donors (Lipinski definition) is 1. The van der Waals surface area contributed by atoms with Crippen molar-refractivity contribution < 1.29 is 28.6 Å². The van der Waals surface area contributed by atoms with Crippen molar-refractivity contribution in [2.75, 3.05) is 19.5 Å². The zero-order valence-corrected chi connectivity index (χ0v) is 14.7. The molecule has 0 bridgehead atoms. The molecular weight excluding hydrogens is 358 g/mol. The Hall–Kier alpha value is -3.26. The minimum atomic E-state index is -1.40. The third-order valence-electron chi connectivity index (χ3n) is 3.66. The molecule has 0 aliphatic rings. The first-order valence-corrected chi connectivity index (χ1v) is 8.33. The van der Waals surface area contributed by atoms with Gasteiger partial charge in [-0.05, 0) is 29.8 Å². The van der Waals surface area contributed by atoms with Crippen LogP contribution < -0.4 is 19.9 Å². The average molecular weight is 372 g/mol. The number of amides is 1. The van der Waals surface area contributed by atoms with E-state index in [-0.39, 0.29) is 16.3 Å². The Kier molecular flexibility index (Phi) is 4.94. The van der Waals surface area contributed by atoms with Crippen LogP contribution in [0.3, 0.4) is 0 Å². The largest absolute Gasteiger partial charge is 0.545 e. The van der Waals surface area contributed by atoms with Crippen molar-refractivity contribution in [1.82, 2.24) is 0 Å². The van der Waals surface area contributed by atoms with E-state index in [1.165, 1.54) is 26.5 Å². The number of hydrogen-bond acceptors (Lipinski definition) is 7. The summed E-state index contributed by atoms with van der Waals surface area (Å²) in [5, 5.41) is 16.0. The number of furan rings is 1. The molecule has 0 atom stereocenters. The lowest BCUT2D eigenvalue weighted by Gasteiger charge is -2.12. The molecule has 26 heavy (non-hydrogen) atoms. The lowest BCUT2D eigenvalue weighted by Crippen LogP contribution is -2.24. The van der Waals surface area contributed by atoms with Gasteiger partial charge in [-0.1, -0.05) is 6.07 Å². The number of nitrogens with one attached hydrogen (secondary N) is 1. The SMILES string of the molecule is COc1ccc(-c2csc(NC(=O)c3ccco3)c2C(=O)[O-])cc1OC. The molecular formula is C18H14NO6S-. The highest BCUT2D eigenvalue weighted by molar-refractivity contribution is 7.15. The fraction of sp³-hybridized carbons (Fsp3) is 0.111. The van der Waals surface area contributed by atoms with Gasteiger partial charge in [0.15, 0.2) is 17.3 Å². The number of thiophene rings is 1. The van der Waals surface area contributed by atoms with E-state index >= 15 is 0 Å². The molecule has 3 aromatic rings. The Bertz CT molecular complexity index is 945. The minimum absolute atomic E-state index is 0.0790. The monoisotopic (exact) mass is 372 g/mol. The number of ether oxygens (including phenoxy) is 2. The van der Waals surface area contributed by atoms with Crippen molar-refractivity contribution in [2.45, 2.75) is 0 Å². The van der Waals surface area contributed by atoms with Crippen LogP contribution >= 0.6 is 11.3 Å². The molecule has 1 amide bonds. The van der Waals surface area contributed by atoms with Crippen molar-refractivity contribution in [1.29, 1.82) is 0 Å². The van der Waals surface area contributed by atoms with E-state index in [1.54, 1.807) is 29.6 Å². The van der Waals surface area contributed by atoms with Gasteiger partial charge in [-0.15, -0.1) is 11.3 Å². The van der Waals surface area contributed by atoms with Crippen LogP contribution in [0.5, 0.6) is 11.5 Å². The Morgan fingerprint density at radius 2 is 1.92 bits per heavy atom. The molecule has 0 saturated heterocycles. The van der Waals surface area contributed by atoms with Gasteiger partial charge in [-0.2, -0.15) is 0 Å². The number of carboxylic acid groups (broad SMARTS) is 1. The van der Waals surface area contributed by atoms with E-state index in [9.17, 15) is 14.7 Å². The summed E-state index contributed by atoms with van der Waals surface area (Å²) in [7, 11) is 3.00. The highest BCUT2D eigenvalue weighted by Crippen LogP contribution is 2.39. The first kappa shape index (κ1) is 17.6. The Balaban J connectivity index is 2.00. The molecule has 0 aliphatic carbocycles. The summed E-state index contributed by atoms with van der Waals surface area (Å²) in [4.78, 5) is 23.8. The quantitative estimate of drug-likeness (QED) is 0.714. The molecule has 3 rings (SSSR count). The number of aromatic carboxylic acids is 1. The van der Waals surface area contributed by atoms with Crippen molar-refractivity contribution in [3.63, 3.8) is 0 Å². The average Bonchev–Trinajstić information content (AvgIpc) is 3.30. The van der Waals surface area contributed by atoms with Crippen LogP contribution in [0.4, 0.5) is 5.00 Å². The van der Waals surface area contributed by atoms with Crippen LogP contribution in [0.15, 0.2) is 46.4 Å². The van der Waals surface area contributed by atoms with E-state index in [4.69, 9.17) is 13.9 Å². The fourth-order valence-electron chi connectivity index (χ4n) is 2.44. The van der Waals surface area contributed by atoms with E-state index in [0.29, 0.717) is 22.6 Å². The number of carboxylic acids is 1. The summed E-state index contributed by atoms with van der Waals surface area (Å²) in [6.45, 7) is 0. The highest BCUT2D eigenvalue weighted by atomic mass is 32.1. The molecule has 2 aromatic heterocycles. The third-order valence-corrected chi connectivity index (χ3v) is 4.56. The summed E-state index contributed by atoms with van der Waals surface area (Å²) in [5.74, 6) is -0.881. The second kappa shape index (κ2) is 7.32. The number of rotatable bonds is 6. The van der Waals surface area contributed by atoms with Crippen LogP contribution in [0.25, 0.3) is 11.1 Å². The Morgan fingerprint density at radius 3 is 2.54 bits per heavy atom. The molecule has 0 aliphatic heterocycles. The van der Waals surface area contributed by atoms with Crippen LogP contribution in [0.2, 0.25) is 0 Å². The third kappa shape index (κ3) is 3.27. The predicted molar refractivity (Wildman–Crippen MR) is 93.9 cm³/mol. The van der Waals surface area contributed by atoms with Crippen molar-refractivity contribution in [3.05, 3.63) is 53.3 Å². The zero-order valence-electron chi connectivity index (χ0n) is 13.9. The van der Waals surface area contributed by atoms with E-state index < -0.39 is 11.9 Å². The summed E-state index contributed by atoms with van der Waals surface area (Å²) in [6.07, 6.45) is 1.36. The maximum absolute atomic E-state index is 12.1. The lowest BCUT2D eigenvalue weighted by atomic mass is 10.0. The summed E-state index contributed by atoms with van der Waals surface area (Å²) in [5.41, 5.74) is 0.893. The molecule has 134 valence electrons. The molecule has 8 heteroatoms. The number of anilines is 1. The Labute approximate surface area is 152 Å². The molecule has 7 nitrogen and oxygen atoms in total. The topological polar surface area (TPSA) is 101 Å². The first-order valence-electron chi connectivity index (χ1n) is 7.45. The van der Waals surface area contributed by atoms with Crippen molar-refractivity contribution >= 4 is 28.2 Å². The standard InChI is InChI=1S/C18H15NO6S/c1-23-12-6-5-10(8-14(12)24-2)11-9-26-17(15(11)18(21)22)19-16(20)13-4-3-7-25-13/h3-9H,1-2H3,(H,19,20)(H,21,22)/p-1. The normalized spacial score (nSPS) is 10.4. The van der Waals surface area contributed by atoms with Crippen molar-refractivity contribution in [2.24, 2.45) is 0 Å². The molecule has 1 N–H and O–H groups in total. The van der Waals surface area contributed by atoms with Gasteiger partial charge in [0, 0.05) is 16.5 Å². The van der Waals surface area contributed by atoms with Gasteiger partial charge in [0.05, 0.1) is 26.5 Å². The van der Waals surface area contributed by atoms with Gasteiger partial charge in [0.2, 0.25) is 0 Å². The van der Waals surface area contributed by atoms with Crippen LogP contribution in [-0.2, 0) is 0 Å². The summed E-state index contributed by atoms with van der Waals surface area (Å²) < 4.78 is 15.5. The van der Waals surface area contributed by atoms with Gasteiger partial charge in [-0.25, -0.2) is 0 Å². The molecule has 0 fully saturated rings. The lowest BCUT2D eigenvalue weighted by molar-refractivity contribution is -0.254. The second-order valence-corrected chi connectivity index (χ2v) is 6.02. The molecule has 1 aromatic carbocycles. The van der Waals surface area contributed by atoms with Gasteiger partial charge in [0.25, 0.3) is 5.91 Å². The van der Waals surface area contributed by atoms with Gasteiger partial charge in [0.1, 0.15) is 5.00 Å². The first-order chi connectivity index (χ1) is 12.5. The summed E-state index contributed by atoms with van der Waals surface area (Å²) in [6, 6.07) is 8.08. The zero-order chi connectivity index (χ0) is 18.7. The smallest absolute Gasteiger partial charge is 0.291 e. The Morgan fingerprint density at radius 1 is 1.15 bits per heavy atom. The van der Waals surface area contributed by atoms with Crippen molar-refractivity contribution in [3.8, 4) is 22.6 Å². The van der Waals surface area contributed by atoms with Gasteiger partial charge in [-0.3, -0.25) is 4.79 Å². The molecule has 0 radical (unpaired) electrons. The number of carbonyl (C=O) groups excluding carboxylic acids is 2. The number of benzene rings is 1. The minimum Gasteiger partial charge on any atom is -0.545 e. The van der Waals surface area contributed by atoms with Crippen LogP contribution in [0, 0.1) is 0 Å². The van der Waals surface area contributed by atoms with E-state index in [0.717, 1.165) is 11.3 Å². The maximum Gasteiger partial charge on any atom is 0.291 e. The molecule has 2 heterocycles. The fourth-order valence-corrected chi connectivity index (χ4v) is 3.39. The van der Waals surface area contributed by atoms with E-state index in [2.05, 4.69) is 5.32 Å². The number of carbonyl (C=O) groups is 2. The van der Waals surface area contributed by atoms with Crippen LogP contribution in [-0.4, -0.2) is 26.1 Å². The second-order valence-electron chi connectivity index (χ2n) is 5.14. The predicted octanol–water partition coefficient (Wildman–Crippen LogP) is 2.64. The molecule has 0 saturated carbocycles. The van der Waals surface area contributed by atoms with Gasteiger partial charge >= 0.3 is 0 Å². The highest BCUT2D eigenvalue weighted by Gasteiger charge is 2.19. The van der Waals surface area contributed by atoms with Crippen LogP contribution in [0.1, 0.15) is 20.9 Å². The number of methoxy groups -OCH3 is 2. The van der Waals surface area contributed by atoms with Gasteiger partial charge < -0.3 is 29.1 Å². The molecule has 0 unspecified atom stereocenters. The van der Waals surface area contributed by atoms with E-state index in [1.807, 2.05) is 0 Å². The summed E-state index contributed by atoms with van der Waals surface area (Å²) >= 11 is 1.08. The maximum atomic E-state index is 12.1.